The molecule has 1 saturated carbocycles. The van der Waals surface area contributed by atoms with Crippen LogP contribution in [-0.4, -0.2) is 13.7 Å². The topological polar surface area (TPSA) is 21.3 Å². The molecule has 0 bridgehead atoms. The van der Waals surface area contributed by atoms with Crippen LogP contribution >= 0.6 is 0 Å². The number of nitrogens with one attached hydrogen (secondary N) is 1. The molecule has 2 atom stereocenters. The van der Waals surface area contributed by atoms with Crippen LogP contribution in [0.1, 0.15) is 56.3 Å². The van der Waals surface area contributed by atoms with Gasteiger partial charge in [-0.2, -0.15) is 0 Å². The first-order valence-electron chi connectivity index (χ1n) is 7.79. The maximum Gasteiger partial charge on any atom is 0.124 e. The molecule has 112 valence electrons. The number of aryl methyl sites for hydroxylation is 2. The molecule has 1 aliphatic rings. The van der Waals surface area contributed by atoms with E-state index >= 15 is 0 Å². The van der Waals surface area contributed by atoms with Crippen LogP contribution in [0.25, 0.3) is 0 Å². The molecule has 1 fully saturated rings. The molecule has 1 aliphatic carbocycles. The molecule has 2 nitrogen and oxygen atoms in total. The minimum atomic E-state index is 0.479. The van der Waals surface area contributed by atoms with E-state index in [4.69, 9.17) is 4.74 Å². The second-order valence-corrected chi connectivity index (χ2v) is 6.92. The zero-order chi connectivity index (χ0) is 14.9. The average Bonchev–Trinajstić information content (AvgIpc) is 2.98. The van der Waals surface area contributed by atoms with Gasteiger partial charge in [0.2, 0.25) is 0 Å². The van der Waals surface area contributed by atoms with Crippen molar-refractivity contribution in [3.8, 4) is 5.75 Å². The van der Waals surface area contributed by atoms with Crippen molar-refractivity contribution in [1.82, 2.24) is 5.32 Å². The van der Waals surface area contributed by atoms with E-state index in [1.807, 2.05) is 0 Å². The lowest BCUT2D eigenvalue weighted by Crippen LogP contribution is -2.25. The lowest BCUT2D eigenvalue weighted by atomic mass is 9.93. The van der Waals surface area contributed by atoms with Crippen molar-refractivity contribution in [2.45, 2.75) is 53.5 Å². The summed E-state index contributed by atoms with van der Waals surface area (Å²) in [6.07, 6.45) is 2.50. The van der Waals surface area contributed by atoms with Crippen molar-refractivity contribution < 1.29 is 4.74 Å². The molecular formula is C18H29NO. The van der Waals surface area contributed by atoms with Gasteiger partial charge < -0.3 is 10.1 Å². The summed E-state index contributed by atoms with van der Waals surface area (Å²) in [4.78, 5) is 0. The second kappa shape index (κ2) is 5.77. The van der Waals surface area contributed by atoms with Crippen molar-refractivity contribution in [3.05, 3.63) is 28.8 Å². The molecule has 0 saturated heterocycles. The third-order valence-corrected chi connectivity index (χ3v) is 4.65. The average molecular weight is 275 g/mol. The first-order valence-corrected chi connectivity index (χ1v) is 7.79. The Morgan fingerprint density at radius 1 is 1.30 bits per heavy atom. The first kappa shape index (κ1) is 15.4. The predicted octanol–water partition coefficient (Wildman–Crippen LogP) is 4.40. The van der Waals surface area contributed by atoms with Crippen LogP contribution in [0.3, 0.4) is 0 Å². The molecule has 2 rings (SSSR count). The van der Waals surface area contributed by atoms with Crippen molar-refractivity contribution in [1.29, 1.82) is 0 Å². The summed E-state index contributed by atoms with van der Waals surface area (Å²) in [6.45, 7) is 12.4. The van der Waals surface area contributed by atoms with Gasteiger partial charge in [0.1, 0.15) is 5.75 Å². The third-order valence-electron chi connectivity index (χ3n) is 4.65. The molecule has 0 aliphatic heterocycles. The lowest BCUT2D eigenvalue weighted by molar-refractivity contribution is 0.403. The van der Waals surface area contributed by atoms with Gasteiger partial charge in [0, 0.05) is 6.04 Å². The van der Waals surface area contributed by atoms with Crippen molar-refractivity contribution in [2.75, 3.05) is 13.7 Å². The molecule has 0 aromatic heterocycles. The Balaban J connectivity index is 2.29. The van der Waals surface area contributed by atoms with E-state index in [1.165, 1.54) is 29.5 Å². The van der Waals surface area contributed by atoms with Crippen molar-refractivity contribution in [3.63, 3.8) is 0 Å². The van der Waals surface area contributed by atoms with Crippen LogP contribution in [0.4, 0.5) is 0 Å². The van der Waals surface area contributed by atoms with E-state index in [0.29, 0.717) is 11.5 Å². The number of methoxy groups -OCH3 is 1. The lowest BCUT2D eigenvalue weighted by Gasteiger charge is -2.23. The maximum absolute atomic E-state index is 5.49. The summed E-state index contributed by atoms with van der Waals surface area (Å²) in [5, 5.41) is 3.75. The fourth-order valence-electron chi connectivity index (χ4n) is 3.35. The van der Waals surface area contributed by atoms with Crippen molar-refractivity contribution >= 4 is 0 Å². The van der Waals surface area contributed by atoms with Crippen molar-refractivity contribution in [2.24, 2.45) is 11.3 Å². The number of rotatable bonds is 6. The number of hydrogen-bond donors (Lipinski definition) is 1. The Hall–Kier alpha value is -1.02. The van der Waals surface area contributed by atoms with Crippen LogP contribution in [0.15, 0.2) is 12.1 Å². The minimum Gasteiger partial charge on any atom is -0.496 e. The molecule has 1 N–H and O–H groups in total. The molecule has 0 radical (unpaired) electrons. The number of ether oxygens (including phenoxy) is 1. The van der Waals surface area contributed by atoms with Crippen LogP contribution in [0.5, 0.6) is 5.75 Å². The van der Waals surface area contributed by atoms with E-state index in [1.54, 1.807) is 7.11 Å². The Bertz CT molecular complexity index is 455. The monoisotopic (exact) mass is 275 g/mol. The number of hydrogen-bond acceptors (Lipinski definition) is 2. The van der Waals surface area contributed by atoms with E-state index < -0.39 is 0 Å². The minimum absolute atomic E-state index is 0.479. The molecule has 0 amide bonds. The van der Waals surface area contributed by atoms with E-state index in [9.17, 15) is 0 Å². The molecule has 2 unspecified atom stereocenters. The summed E-state index contributed by atoms with van der Waals surface area (Å²) < 4.78 is 5.49. The Labute approximate surface area is 123 Å². The van der Waals surface area contributed by atoms with Gasteiger partial charge in [-0.3, -0.25) is 0 Å². The fourth-order valence-corrected chi connectivity index (χ4v) is 3.35. The Morgan fingerprint density at radius 2 is 1.85 bits per heavy atom. The highest BCUT2D eigenvalue weighted by atomic mass is 16.5. The maximum atomic E-state index is 5.49. The molecule has 0 spiro atoms. The largest absolute Gasteiger partial charge is 0.496 e. The van der Waals surface area contributed by atoms with Gasteiger partial charge in [0.15, 0.2) is 0 Å². The van der Waals surface area contributed by atoms with Crippen LogP contribution < -0.4 is 10.1 Å². The molecule has 0 heterocycles. The standard InChI is InChI=1S/C18H29NO/c1-7-8-19-16(15-11-18(15,4)5)14-9-12(2)17(20-6)13(3)10-14/h9-10,15-16,19H,7-8,11H2,1-6H3. The third kappa shape index (κ3) is 3.01. The Morgan fingerprint density at radius 3 is 2.25 bits per heavy atom. The van der Waals surface area contributed by atoms with E-state index in [-0.39, 0.29) is 0 Å². The molecule has 1 aromatic rings. The summed E-state index contributed by atoms with van der Waals surface area (Å²) in [6, 6.07) is 5.08. The Kier molecular flexibility index (Phi) is 4.43. The zero-order valence-corrected chi connectivity index (χ0v) is 13.8. The van der Waals surface area contributed by atoms with Gasteiger partial charge in [0.05, 0.1) is 7.11 Å². The van der Waals surface area contributed by atoms with Gasteiger partial charge in [-0.15, -0.1) is 0 Å². The normalized spacial score (nSPS) is 21.6. The zero-order valence-electron chi connectivity index (χ0n) is 13.8. The molecule has 2 heteroatoms. The predicted molar refractivity (Wildman–Crippen MR) is 85.4 cm³/mol. The summed E-state index contributed by atoms with van der Waals surface area (Å²) >= 11 is 0. The highest BCUT2D eigenvalue weighted by molar-refractivity contribution is 5.44. The van der Waals surface area contributed by atoms with Gasteiger partial charge in [0.25, 0.3) is 0 Å². The smallest absolute Gasteiger partial charge is 0.124 e. The number of benzene rings is 1. The summed E-state index contributed by atoms with van der Waals surface area (Å²) in [5.41, 5.74) is 4.38. The highest BCUT2D eigenvalue weighted by Crippen LogP contribution is 2.58. The van der Waals surface area contributed by atoms with Gasteiger partial charge in [-0.1, -0.05) is 32.9 Å². The van der Waals surface area contributed by atoms with Gasteiger partial charge >= 0.3 is 0 Å². The van der Waals surface area contributed by atoms with E-state index in [0.717, 1.165) is 18.2 Å². The van der Waals surface area contributed by atoms with Crippen LogP contribution in [0, 0.1) is 25.2 Å². The SMILES string of the molecule is CCCNC(c1cc(C)c(OC)c(C)c1)C1CC1(C)C. The van der Waals surface area contributed by atoms with E-state index in [2.05, 4.69) is 52.1 Å². The fraction of sp³-hybridized carbons (Fsp3) is 0.667. The van der Waals surface area contributed by atoms with Gasteiger partial charge in [-0.05, 0) is 61.3 Å². The van der Waals surface area contributed by atoms with Crippen LogP contribution in [-0.2, 0) is 0 Å². The molecule has 1 aromatic carbocycles. The molecule has 20 heavy (non-hydrogen) atoms. The van der Waals surface area contributed by atoms with Gasteiger partial charge in [-0.25, -0.2) is 0 Å². The second-order valence-electron chi connectivity index (χ2n) is 6.92. The summed E-state index contributed by atoms with van der Waals surface area (Å²) in [5.74, 6) is 1.78. The quantitative estimate of drug-likeness (QED) is 0.831. The van der Waals surface area contributed by atoms with Crippen LogP contribution in [0.2, 0.25) is 0 Å². The highest BCUT2D eigenvalue weighted by Gasteiger charge is 2.50. The first-order chi connectivity index (χ1) is 9.40. The summed E-state index contributed by atoms with van der Waals surface area (Å²) in [7, 11) is 1.76. The molecular weight excluding hydrogens is 246 g/mol.